The van der Waals surface area contributed by atoms with Crippen LogP contribution in [-0.4, -0.2) is 47.2 Å². The van der Waals surface area contributed by atoms with Crippen LogP contribution in [0.4, 0.5) is 5.69 Å². The lowest BCUT2D eigenvalue weighted by Gasteiger charge is -2.34. The fourth-order valence-corrected chi connectivity index (χ4v) is 5.45. The van der Waals surface area contributed by atoms with E-state index in [9.17, 15) is 9.59 Å². The number of aryl methyl sites for hydroxylation is 2. The number of imidazole rings is 1. The molecule has 1 aliphatic rings. The summed E-state index contributed by atoms with van der Waals surface area (Å²) in [5.41, 5.74) is 3.28. The molecule has 1 fully saturated rings. The zero-order valence-electron chi connectivity index (χ0n) is 23.2. The number of nitrogens with zero attached hydrogens (tertiary/aromatic N) is 3. The molecule has 3 aromatic rings. The zero-order chi connectivity index (χ0) is 27.8. The van der Waals surface area contributed by atoms with Gasteiger partial charge in [-0.1, -0.05) is 55.7 Å². The summed E-state index contributed by atoms with van der Waals surface area (Å²) in [6.07, 6.45) is 10.2. The van der Waals surface area contributed by atoms with Gasteiger partial charge in [-0.3, -0.25) is 14.5 Å². The van der Waals surface area contributed by atoms with Crippen molar-refractivity contribution in [1.82, 2.24) is 20.2 Å². The number of hydrogen-bond acceptors (Lipinski definition) is 5. The molecule has 0 bridgehead atoms. The standard InChI is InChI=1S/C31H40N6O2/c1-22-10-7-8-15-28(22)30(31(39)35-26-12-5-4-6-13-26)37(29(38)21-36-17-16-34-23(36)2)27-14-9-11-24(18-27)25(19-32)20-33-3/h7-11,14-19,25-26,30,32-33H,4-6,12-13,20-21H2,1-3H3,(H,35,39). The maximum Gasteiger partial charge on any atom is 0.248 e. The Morgan fingerprint density at radius 2 is 1.90 bits per heavy atom. The van der Waals surface area contributed by atoms with Gasteiger partial charge in [0.2, 0.25) is 11.8 Å². The second-order valence-corrected chi connectivity index (χ2v) is 10.4. The number of amides is 2. The molecule has 0 saturated heterocycles. The van der Waals surface area contributed by atoms with E-state index in [4.69, 9.17) is 5.41 Å². The van der Waals surface area contributed by atoms with Crippen molar-refractivity contribution in [2.24, 2.45) is 0 Å². The number of likely N-dealkylation sites (N-methyl/N-ethyl adjacent to an activating group) is 1. The Morgan fingerprint density at radius 1 is 1.13 bits per heavy atom. The molecule has 3 N–H and O–H groups in total. The summed E-state index contributed by atoms with van der Waals surface area (Å²) in [7, 11) is 1.85. The van der Waals surface area contributed by atoms with E-state index >= 15 is 0 Å². The first-order chi connectivity index (χ1) is 18.9. The molecule has 1 saturated carbocycles. The van der Waals surface area contributed by atoms with E-state index in [1.54, 1.807) is 21.9 Å². The van der Waals surface area contributed by atoms with E-state index < -0.39 is 6.04 Å². The van der Waals surface area contributed by atoms with Crippen LogP contribution in [0.25, 0.3) is 0 Å². The van der Waals surface area contributed by atoms with E-state index in [1.807, 2.05) is 69.4 Å². The number of carbonyl (C=O) groups excluding carboxylic acids is 2. The quantitative estimate of drug-likeness (QED) is 0.315. The third-order valence-corrected chi connectivity index (χ3v) is 7.64. The minimum absolute atomic E-state index is 0.0552. The third-order valence-electron chi connectivity index (χ3n) is 7.64. The zero-order valence-corrected chi connectivity index (χ0v) is 23.2. The van der Waals surface area contributed by atoms with Gasteiger partial charge in [0.15, 0.2) is 0 Å². The second-order valence-electron chi connectivity index (χ2n) is 10.4. The number of aromatic nitrogens is 2. The van der Waals surface area contributed by atoms with Crippen LogP contribution in [0.15, 0.2) is 60.9 Å². The molecule has 8 heteroatoms. The van der Waals surface area contributed by atoms with E-state index in [2.05, 4.69) is 15.6 Å². The van der Waals surface area contributed by atoms with Crippen LogP contribution in [0, 0.1) is 19.3 Å². The third kappa shape index (κ3) is 6.81. The fraction of sp³-hybridized carbons (Fsp3) is 0.419. The predicted molar refractivity (Wildman–Crippen MR) is 155 cm³/mol. The Kier molecular flexibility index (Phi) is 9.65. The van der Waals surface area contributed by atoms with Gasteiger partial charge >= 0.3 is 0 Å². The Hall–Kier alpha value is -3.78. The van der Waals surface area contributed by atoms with Crippen molar-refractivity contribution >= 4 is 23.7 Å². The highest BCUT2D eigenvalue weighted by Gasteiger charge is 2.35. The Bertz CT molecular complexity index is 1280. The molecule has 39 heavy (non-hydrogen) atoms. The van der Waals surface area contributed by atoms with Gasteiger partial charge < -0.3 is 20.6 Å². The van der Waals surface area contributed by atoms with E-state index in [0.29, 0.717) is 12.2 Å². The second kappa shape index (κ2) is 13.3. The van der Waals surface area contributed by atoms with Crippen LogP contribution in [-0.2, 0) is 16.1 Å². The summed E-state index contributed by atoms with van der Waals surface area (Å²) in [6.45, 7) is 4.49. The number of hydrogen-bond donors (Lipinski definition) is 3. The topological polar surface area (TPSA) is 103 Å². The number of anilines is 1. The van der Waals surface area contributed by atoms with Gasteiger partial charge in [0.05, 0.1) is 0 Å². The Balaban J connectivity index is 1.82. The smallest absolute Gasteiger partial charge is 0.248 e. The van der Waals surface area contributed by atoms with Crippen molar-refractivity contribution in [2.75, 3.05) is 18.5 Å². The van der Waals surface area contributed by atoms with E-state index in [0.717, 1.165) is 48.2 Å². The van der Waals surface area contributed by atoms with Gasteiger partial charge in [-0.15, -0.1) is 0 Å². The molecule has 2 unspecified atom stereocenters. The summed E-state index contributed by atoms with van der Waals surface area (Å²) < 4.78 is 1.80. The molecule has 1 aromatic heterocycles. The number of carbonyl (C=O) groups is 2. The highest BCUT2D eigenvalue weighted by atomic mass is 16.2. The SMILES string of the molecule is CNCC(C=N)c1cccc(N(C(=O)Cn2ccnc2C)C(C(=O)NC2CCCCC2)c2ccccc2C)c1. The fourth-order valence-electron chi connectivity index (χ4n) is 5.45. The molecule has 2 aromatic carbocycles. The highest BCUT2D eigenvalue weighted by Crippen LogP contribution is 2.32. The van der Waals surface area contributed by atoms with Crippen molar-refractivity contribution in [3.05, 3.63) is 83.4 Å². The average Bonchev–Trinajstić information content (AvgIpc) is 3.35. The maximum atomic E-state index is 14.2. The monoisotopic (exact) mass is 528 g/mol. The molecule has 8 nitrogen and oxygen atoms in total. The molecule has 2 atom stereocenters. The minimum Gasteiger partial charge on any atom is -0.351 e. The minimum atomic E-state index is -0.845. The highest BCUT2D eigenvalue weighted by molar-refractivity contribution is 6.01. The molecule has 0 aliphatic heterocycles. The molecule has 4 rings (SSSR count). The molecular formula is C31H40N6O2. The molecule has 206 valence electrons. The lowest BCUT2D eigenvalue weighted by Crippen LogP contribution is -2.48. The number of rotatable bonds is 11. The van der Waals surface area contributed by atoms with E-state index in [-0.39, 0.29) is 30.3 Å². The largest absolute Gasteiger partial charge is 0.351 e. The molecule has 0 spiro atoms. The van der Waals surface area contributed by atoms with Gasteiger partial charge in [0, 0.05) is 42.8 Å². The molecule has 1 aliphatic carbocycles. The summed E-state index contributed by atoms with van der Waals surface area (Å²) in [5, 5.41) is 14.4. The normalized spacial score (nSPS) is 15.4. The van der Waals surface area contributed by atoms with Crippen LogP contribution in [0.5, 0.6) is 0 Å². The lowest BCUT2D eigenvalue weighted by molar-refractivity contribution is -0.127. The van der Waals surface area contributed by atoms with Crippen molar-refractivity contribution in [1.29, 1.82) is 5.41 Å². The summed E-state index contributed by atoms with van der Waals surface area (Å²) >= 11 is 0. The maximum absolute atomic E-state index is 14.2. The molecule has 0 radical (unpaired) electrons. The number of nitrogens with one attached hydrogen (secondary N) is 3. The lowest BCUT2D eigenvalue weighted by atomic mass is 9.93. The van der Waals surface area contributed by atoms with Crippen molar-refractivity contribution in [2.45, 2.75) is 70.5 Å². The first kappa shape index (κ1) is 28.2. The van der Waals surface area contributed by atoms with Crippen LogP contribution in [0.3, 0.4) is 0 Å². The Labute approximate surface area is 231 Å². The van der Waals surface area contributed by atoms with Gasteiger partial charge in [-0.2, -0.15) is 0 Å². The molecular weight excluding hydrogens is 488 g/mol. The van der Waals surface area contributed by atoms with Crippen molar-refractivity contribution < 1.29 is 9.59 Å². The van der Waals surface area contributed by atoms with Gasteiger partial charge in [-0.05, 0) is 62.6 Å². The summed E-state index contributed by atoms with van der Waals surface area (Å²) in [5.74, 6) is 0.196. The van der Waals surface area contributed by atoms with Gasteiger partial charge in [0.1, 0.15) is 18.4 Å². The van der Waals surface area contributed by atoms with Gasteiger partial charge in [-0.25, -0.2) is 4.98 Å². The molecule has 1 heterocycles. The Morgan fingerprint density at radius 3 is 2.56 bits per heavy atom. The summed E-state index contributed by atoms with van der Waals surface area (Å²) in [6, 6.07) is 14.7. The van der Waals surface area contributed by atoms with Crippen LogP contribution in [0.1, 0.15) is 66.6 Å². The van der Waals surface area contributed by atoms with Crippen LogP contribution in [0.2, 0.25) is 0 Å². The van der Waals surface area contributed by atoms with Crippen molar-refractivity contribution in [3.63, 3.8) is 0 Å². The van der Waals surface area contributed by atoms with E-state index in [1.165, 1.54) is 12.6 Å². The van der Waals surface area contributed by atoms with Crippen molar-refractivity contribution in [3.8, 4) is 0 Å². The first-order valence-corrected chi connectivity index (χ1v) is 13.8. The van der Waals surface area contributed by atoms with Crippen LogP contribution < -0.4 is 15.5 Å². The van der Waals surface area contributed by atoms with Crippen LogP contribution >= 0.6 is 0 Å². The number of benzene rings is 2. The molecule has 2 amide bonds. The first-order valence-electron chi connectivity index (χ1n) is 13.8. The average molecular weight is 529 g/mol. The predicted octanol–water partition coefficient (Wildman–Crippen LogP) is 4.68. The van der Waals surface area contributed by atoms with Gasteiger partial charge in [0.25, 0.3) is 0 Å². The summed E-state index contributed by atoms with van der Waals surface area (Å²) in [4.78, 5) is 34.3.